The topological polar surface area (TPSA) is 73.5 Å². The number of nitrogens with one attached hydrogen (secondary N) is 1. The van der Waals surface area contributed by atoms with Crippen molar-refractivity contribution in [3.8, 4) is 5.69 Å². The maximum absolute atomic E-state index is 12.1. The van der Waals surface area contributed by atoms with Gasteiger partial charge in [-0.05, 0) is 62.4 Å². The zero-order valence-corrected chi connectivity index (χ0v) is 14.7. The fourth-order valence-electron chi connectivity index (χ4n) is 2.69. The Morgan fingerprint density at radius 3 is 2.35 bits per heavy atom. The van der Waals surface area contributed by atoms with Crippen LogP contribution in [0.25, 0.3) is 5.69 Å². The second-order valence-corrected chi connectivity index (χ2v) is 5.93. The first-order chi connectivity index (χ1) is 12.5. The minimum absolute atomic E-state index is 0.258. The van der Waals surface area contributed by atoms with Gasteiger partial charge in [0.2, 0.25) is 0 Å². The highest BCUT2D eigenvalue weighted by Crippen LogP contribution is 2.17. The number of benzene rings is 1. The van der Waals surface area contributed by atoms with E-state index < -0.39 is 5.97 Å². The predicted molar refractivity (Wildman–Crippen MR) is 96.1 cm³/mol. The third kappa shape index (κ3) is 4.03. The van der Waals surface area contributed by atoms with E-state index >= 15 is 0 Å². The standard InChI is InChI=1S/C20H20N2O4/c1-14-5-6-15(2)22(14)17-9-7-16(8-10-17)20(24)26-13-19(23)21-12-18-4-3-11-25-18/h3-11H,12-13H2,1-2H3,(H,21,23). The van der Waals surface area contributed by atoms with Crippen LogP contribution in [0.5, 0.6) is 0 Å². The molecule has 2 heterocycles. The quantitative estimate of drug-likeness (QED) is 0.692. The van der Waals surface area contributed by atoms with Crippen LogP contribution in [0.4, 0.5) is 0 Å². The number of aromatic nitrogens is 1. The number of aryl methyl sites for hydroxylation is 2. The molecule has 0 aliphatic heterocycles. The first kappa shape index (κ1) is 17.5. The van der Waals surface area contributed by atoms with E-state index in [-0.39, 0.29) is 19.1 Å². The summed E-state index contributed by atoms with van der Waals surface area (Å²) >= 11 is 0. The first-order valence-corrected chi connectivity index (χ1v) is 8.26. The van der Waals surface area contributed by atoms with E-state index in [2.05, 4.69) is 9.88 Å². The van der Waals surface area contributed by atoms with Gasteiger partial charge in [-0.1, -0.05) is 0 Å². The average molecular weight is 352 g/mol. The van der Waals surface area contributed by atoms with Gasteiger partial charge in [0.05, 0.1) is 18.4 Å². The van der Waals surface area contributed by atoms with Gasteiger partial charge in [0.15, 0.2) is 6.61 Å². The van der Waals surface area contributed by atoms with Crippen LogP contribution in [-0.4, -0.2) is 23.1 Å². The highest BCUT2D eigenvalue weighted by molar-refractivity contribution is 5.91. The molecular weight excluding hydrogens is 332 g/mol. The summed E-state index contributed by atoms with van der Waals surface area (Å²) in [7, 11) is 0. The summed E-state index contributed by atoms with van der Waals surface area (Å²) in [6.07, 6.45) is 1.53. The molecule has 1 amide bonds. The summed E-state index contributed by atoms with van der Waals surface area (Å²) in [5, 5.41) is 2.62. The number of hydrogen-bond acceptors (Lipinski definition) is 4. The normalized spacial score (nSPS) is 10.5. The van der Waals surface area contributed by atoms with Crippen molar-refractivity contribution in [1.82, 2.24) is 9.88 Å². The number of amides is 1. The molecule has 0 saturated heterocycles. The lowest BCUT2D eigenvalue weighted by atomic mass is 10.2. The molecule has 6 nitrogen and oxygen atoms in total. The summed E-state index contributed by atoms with van der Waals surface area (Å²) in [6, 6.07) is 14.7. The van der Waals surface area contributed by atoms with Crippen molar-refractivity contribution >= 4 is 11.9 Å². The Labute approximate surface area is 151 Å². The van der Waals surface area contributed by atoms with Gasteiger partial charge >= 0.3 is 5.97 Å². The molecule has 134 valence electrons. The Bertz CT molecular complexity index is 873. The minimum atomic E-state index is -0.536. The Kier molecular flexibility index (Phi) is 5.22. The van der Waals surface area contributed by atoms with Gasteiger partial charge < -0.3 is 19.0 Å². The van der Waals surface area contributed by atoms with Crippen LogP contribution < -0.4 is 5.32 Å². The minimum Gasteiger partial charge on any atom is -0.467 e. The van der Waals surface area contributed by atoms with E-state index in [0.29, 0.717) is 11.3 Å². The molecular formula is C20H20N2O4. The fraction of sp³-hybridized carbons (Fsp3) is 0.200. The van der Waals surface area contributed by atoms with Gasteiger partial charge in [-0.2, -0.15) is 0 Å². The van der Waals surface area contributed by atoms with Crippen LogP contribution in [-0.2, 0) is 16.1 Å². The van der Waals surface area contributed by atoms with Gasteiger partial charge in [0.25, 0.3) is 5.91 Å². The third-order valence-electron chi connectivity index (χ3n) is 4.01. The molecule has 0 fully saturated rings. The molecule has 0 bridgehead atoms. The average Bonchev–Trinajstić information content (AvgIpc) is 3.28. The van der Waals surface area contributed by atoms with Gasteiger partial charge in [-0.25, -0.2) is 4.79 Å². The second kappa shape index (κ2) is 7.74. The van der Waals surface area contributed by atoms with Crippen molar-refractivity contribution in [2.24, 2.45) is 0 Å². The predicted octanol–water partition coefficient (Wildman–Crippen LogP) is 3.16. The van der Waals surface area contributed by atoms with E-state index in [0.717, 1.165) is 17.1 Å². The maximum Gasteiger partial charge on any atom is 0.338 e. The number of esters is 1. The summed E-state index contributed by atoms with van der Waals surface area (Å²) < 4.78 is 12.3. The van der Waals surface area contributed by atoms with Gasteiger partial charge in [0.1, 0.15) is 5.76 Å². The van der Waals surface area contributed by atoms with Crippen LogP contribution >= 0.6 is 0 Å². The molecule has 0 aliphatic carbocycles. The van der Waals surface area contributed by atoms with Gasteiger partial charge in [0, 0.05) is 17.1 Å². The Balaban J connectivity index is 1.54. The number of hydrogen-bond donors (Lipinski definition) is 1. The Hall–Kier alpha value is -3.28. The summed E-state index contributed by atoms with van der Waals surface area (Å²) in [6.45, 7) is 3.97. The van der Waals surface area contributed by atoms with Crippen LogP contribution in [0.1, 0.15) is 27.5 Å². The molecule has 0 radical (unpaired) electrons. The summed E-state index contributed by atoms with van der Waals surface area (Å²) in [5.41, 5.74) is 3.60. The van der Waals surface area contributed by atoms with Crippen LogP contribution in [0.2, 0.25) is 0 Å². The number of nitrogens with zero attached hydrogens (tertiary/aromatic N) is 1. The van der Waals surface area contributed by atoms with E-state index in [1.165, 1.54) is 6.26 Å². The Morgan fingerprint density at radius 2 is 1.73 bits per heavy atom. The molecule has 0 spiro atoms. The van der Waals surface area contributed by atoms with E-state index in [4.69, 9.17) is 9.15 Å². The molecule has 0 aliphatic rings. The van der Waals surface area contributed by atoms with E-state index in [1.54, 1.807) is 24.3 Å². The molecule has 2 aromatic heterocycles. The smallest absolute Gasteiger partial charge is 0.338 e. The van der Waals surface area contributed by atoms with Gasteiger partial charge in [-0.15, -0.1) is 0 Å². The fourth-order valence-corrected chi connectivity index (χ4v) is 2.69. The van der Waals surface area contributed by atoms with Crippen molar-refractivity contribution in [3.05, 3.63) is 77.5 Å². The highest BCUT2D eigenvalue weighted by atomic mass is 16.5. The second-order valence-electron chi connectivity index (χ2n) is 5.93. The van der Waals surface area contributed by atoms with Crippen molar-refractivity contribution in [3.63, 3.8) is 0 Å². The monoisotopic (exact) mass is 352 g/mol. The number of carbonyl (C=O) groups excluding carboxylic acids is 2. The van der Waals surface area contributed by atoms with Crippen LogP contribution in [0, 0.1) is 13.8 Å². The van der Waals surface area contributed by atoms with Crippen molar-refractivity contribution in [2.45, 2.75) is 20.4 Å². The SMILES string of the molecule is Cc1ccc(C)n1-c1ccc(C(=O)OCC(=O)NCc2ccco2)cc1. The molecule has 3 rings (SSSR count). The largest absolute Gasteiger partial charge is 0.467 e. The lowest BCUT2D eigenvalue weighted by Gasteiger charge is -2.10. The molecule has 26 heavy (non-hydrogen) atoms. The van der Waals surface area contributed by atoms with E-state index in [1.807, 2.05) is 38.1 Å². The maximum atomic E-state index is 12.1. The van der Waals surface area contributed by atoms with Crippen LogP contribution in [0.3, 0.4) is 0 Å². The molecule has 0 atom stereocenters. The zero-order chi connectivity index (χ0) is 18.5. The summed E-state index contributed by atoms with van der Waals surface area (Å²) in [5.74, 6) is -0.286. The molecule has 0 unspecified atom stereocenters. The number of carbonyl (C=O) groups is 2. The number of furan rings is 1. The Morgan fingerprint density at radius 1 is 1.04 bits per heavy atom. The highest BCUT2D eigenvalue weighted by Gasteiger charge is 2.11. The molecule has 1 aromatic carbocycles. The van der Waals surface area contributed by atoms with Crippen molar-refractivity contribution in [1.29, 1.82) is 0 Å². The van der Waals surface area contributed by atoms with Crippen molar-refractivity contribution in [2.75, 3.05) is 6.61 Å². The zero-order valence-electron chi connectivity index (χ0n) is 14.7. The lowest BCUT2D eigenvalue weighted by molar-refractivity contribution is -0.124. The molecule has 0 saturated carbocycles. The van der Waals surface area contributed by atoms with Gasteiger partial charge in [-0.3, -0.25) is 4.79 Å². The first-order valence-electron chi connectivity index (χ1n) is 8.26. The third-order valence-corrected chi connectivity index (χ3v) is 4.01. The molecule has 1 N–H and O–H groups in total. The number of rotatable bonds is 6. The van der Waals surface area contributed by atoms with E-state index in [9.17, 15) is 9.59 Å². The molecule has 3 aromatic rings. The summed E-state index contributed by atoms with van der Waals surface area (Å²) in [4.78, 5) is 23.8. The van der Waals surface area contributed by atoms with Crippen molar-refractivity contribution < 1.29 is 18.7 Å². The number of ether oxygens (including phenoxy) is 1. The van der Waals surface area contributed by atoms with Crippen LogP contribution in [0.15, 0.2) is 59.2 Å². The molecule has 6 heteroatoms. The lowest BCUT2D eigenvalue weighted by Crippen LogP contribution is -2.28.